The maximum atomic E-state index is 10.9. The molecule has 5 rings (SSSR count). The number of hydrogen-bond acceptors (Lipinski definition) is 1. The summed E-state index contributed by atoms with van der Waals surface area (Å²) in [6, 6.07) is 0. The van der Waals surface area contributed by atoms with E-state index in [1.54, 1.807) is 5.57 Å². The average molecular weight is 427 g/mol. The SMILES string of the molecule is CC1=CC[C@@]2(C)CC[C@@]3(C)[C@@H](CC[C@H]4[C@]5(C)CC[C@@H](O)C(C)(C)[C@H]5CC[C@@]43C)[C@@H]2[C@H]1C. The van der Waals surface area contributed by atoms with Gasteiger partial charge in [-0.3, -0.25) is 0 Å². The standard InChI is InChI=1S/C30H50O/c1-19-11-14-27(5)17-18-29(7)21(25(27)20(19)2)9-10-23-28(6)15-13-24(31)26(3,4)22(28)12-16-30(23,29)8/h11,20-25,31H,9-10,12-18H2,1-8H3/t20-,21-,22+,23-,24+,25-,27-,28+,29-,30-/m0/s1. The van der Waals surface area contributed by atoms with E-state index in [2.05, 4.69) is 61.5 Å². The van der Waals surface area contributed by atoms with Crippen LogP contribution in [0.4, 0.5) is 0 Å². The van der Waals surface area contributed by atoms with Gasteiger partial charge in [0, 0.05) is 0 Å². The Kier molecular flexibility index (Phi) is 4.82. The normalized spacial score (nSPS) is 58.3. The van der Waals surface area contributed by atoms with Crippen molar-refractivity contribution in [2.45, 2.75) is 119 Å². The molecule has 0 radical (unpaired) electrons. The number of fused-ring (bicyclic) bond motifs is 7. The summed E-state index contributed by atoms with van der Waals surface area (Å²) in [4.78, 5) is 0. The molecule has 0 aliphatic heterocycles. The van der Waals surface area contributed by atoms with Crippen molar-refractivity contribution in [3.63, 3.8) is 0 Å². The highest BCUT2D eigenvalue weighted by molar-refractivity contribution is 5.22. The van der Waals surface area contributed by atoms with Gasteiger partial charge in [-0.15, -0.1) is 0 Å². The van der Waals surface area contributed by atoms with Crippen LogP contribution in [-0.4, -0.2) is 11.2 Å². The summed E-state index contributed by atoms with van der Waals surface area (Å²) < 4.78 is 0. The van der Waals surface area contributed by atoms with Crippen LogP contribution in [0.2, 0.25) is 0 Å². The van der Waals surface area contributed by atoms with Gasteiger partial charge in [-0.2, -0.15) is 0 Å². The molecule has 0 unspecified atom stereocenters. The Balaban J connectivity index is 1.55. The zero-order valence-electron chi connectivity index (χ0n) is 21.9. The van der Waals surface area contributed by atoms with Crippen LogP contribution in [0.3, 0.4) is 0 Å². The minimum absolute atomic E-state index is 0.0665. The topological polar surface area (TPSA) is 20.2 Å². The third-order valence-electron chi connectivity index (χ3n) is 13.5. The third kappa shape index (κ3) is 2.65. The van der Waals surface area contributed by atoms with Gasteiger partial charge in [0.05, 0.1) is 6.10 Å². The second kappa shape index (κ2) is 6.64. The van der Waals surface area contributed by atoms with E-state index in [1.807, 2.05) is 0 Å². The second-order valence-electron chi connectivity index (χ2n) is 14.7. The fourth-order valence-electron chi connectivity index (χ4n) is 11.3. The highest BCUT2D eigenvalue weighted by atomic mass is 16.3. The van der Waals surface area contributed by atoms with Crippen molar-refractivity contribution >= 4 is 0 Å². The molecule has 0 amide bonds. The van der Waals surface area contributed by atoms with E-state index < -0.39 is 0 Å². The lowest BCUT2D eigenvalue weighted by Crippen LogP contribution is -2.67. The first-order valence-electron chi connectivity index (χ1n) is 13.7. The molecule has 5 aliphatic rings. The molecule has 4 saturated carbocycles. The van der Waals surface area contributed by atoms with Crippen LogP contribution in [-0.2, 0) is 0 Å². The Labute approximate surface area is 192 Å². The average Bonchev–Trinajstić information content (AvgIpc) is 2.69. The molecule has 1 heteroatoms. The van der Waals surface area contributed by atoms with E-state index in [1.165, 1.54) is 51.4 Å². The predicted octanol–water partition coefficient (Wildman–Crippen LogP) is 8.02. The van der Waals surface area contributed by atoms with Gasteiger partial charge in [0.2, 0.25) is 0 Å². The Bertz CT molecular complexity index is 779. The van der Waals surface area contributed by atoms with Crippen molar-refractivity contribution in [2.75, 3.05) is 0 Å². The summed E-state index contributed by atoms with van der Waals surface area (Å²) in [5.41, 5.74) is 3.58. The second-order valence-corrected chi connectivity index (χ2v) is 14.7. The van der Waals surface area contributed by atoms with Crippen molar-refractivity contribution in [1.82, 2.24) is 0 Å². The molecule has 10 atom stereocenters. The molecule has 5 aliphatic carbocycles. The van der Waals surface area contributed by atoms with E-state index in [-0.39, 0.29) is 11.5 Å². The predicted molar refractivity (Wildman–Crippen MR) is 131 cm³/mol. The van der Waals surface area contributed by atoms with E-state index in [0.29, 0.717) is 27.6 Å². The van der Waals surface area contributed by atoms with Crippen LogP contribution in [0.5, 0.6) is 0 Å². The molecule has 31 heavy (non-hydrogen) atoms. The molecular weight excluding hydrogens is 376 g/mol. The largest absolute Gasteiger partial charge is 0.393 e. The number of aliphatic hydroxyl groups is 1. The lowest BCUT2D eigenvalue weighted by atomic mass is 9.31. The molecule has 0 aromatic rings. The Morgan fingerprint density at radius 1 is 0.806 bits per heavy atom. The molecule has 0 heterocycles. The molecule has 0 spiro atoms. The molecule has 1 N–H and O–H groups in total. The zero-order valence-corrected chi connectivity index (χ0v) is 21.9. The Morgan fingerprint density at radius 2 is 1.52 bits per heavy atom. The molecule has 176 valence electrons. The van der Waals surface area contributed by atoms with Gasteiger partial charge in [0.1, 0.15) is 0 Å². The lowest BCUT2D eigenvalue weighted by Gasteiger charge is -2.73. The first-order valence-corrected chi connectivity index (χ1v) is 13.7. The first-order chi connectivity index (χ1) is 14.3. The summed E-state index contributed by atoms with van der Waals surface area (Å²) >= 11 is 0. The fourth-order valence-corrected chi connectivity index (χ4v) is 11.3. The van der Waals surface area contributed by atoms with E-state index >= 15 is 0 Å². The molecule has 1 nitrogen and oxygen atoms in total. The summed E-state index contributed by atoms with van der Waals surface area (Å²) in [6.45, 7) is 20.5. The minimum atomic E-state index is -0.116. The number of hydrogen-bond donors (Lipinski definition) is 1. The summed E-state index contributed by atoms with van der Waals surface area (Å²) in [7, 11) is 0. The van der Waals surface area contributed by atoms with Crippen molar-refractivity contribution in [1.29, 1.82) is 0 Å². The third-order valence-corrected chi connectivity index (χ3v) is 13.5. The smallest absolute Gasteiger partial charge is 0.0594 e. The Morgan fingerprint density at radius 3 is 2.23 bits per heavy atom. The lowest BCUT2D eigenvalue weighted by molar-refractivity contribution is -0.250. The maximum absolute atomic E-state index is 10.9. The molecule has 0 bridgehead atoms. The van der Waals surface area contributed by atoms with Crippen LogP contribution in [0.1, 0.15) is 113 Å². The van der Waals surface area contributed by atoms with Gasteiger partial charge in [0.15, 0.2) is 0 Å². The highest BCUT2D eigenvalue weighted by Crippen LogP contribution is 2.76. The van der Waals surface area contributed by atoms with Crippen molar-refractivity contribution in [3.05, 3.63) is 11.6 Å². The summed E-state index contributed by atoms with van der Waals surface area (Å²) in [5.74, 6) is 4.00. The zero-order chi connectivity index (χ0) is 22.6. The molecule has 4 fully saturated rings. The molecule has 0 aromatic heterocycles. The van der Waals surface area contributed by atoms with Crippen LogP contribution < -0.4 is 0 Å². The number of aliphatic hydroxyl groups excluding tert-OH is 1. The molecular formula is C30H50O. The van der Waals surface area contributed by atoms with Gasteiger partial charge in [-0.1, -0.05) is 60.1 Å². The molecule has 0 aromatic carbocycles. The van der Waals surface area contributed by atoms with E-state index in [0.717, 1.165) is 30.1 Å². The maximum Gasteiger partial charge on any atom is 0.0594 e. The van der Waals surface area contributed by atoms with Gasteiger partial charge in [0.25, 0.3) is 0 Å². The van der Waals surface area contributed by atoms with Gasteiger partial charge in [-0.05, 0) is 121 Å². The Hall–Kier alpha value is -0.300. The summed E-state index contributed by atoms with van der Waals surface area (Å²) in [5, 5.41) is 10.9. The van der Waals surface area contributed by atoms with Gasteiger partial charge < -0.3 is 5.11 Å². The quantitative estimate of drug-likeness (QED) is 0.389. The number of rotatable bonds is 0. The first kappa shape index (κ1) is 22.5. The summed E-state index contributed by atoms with van der Waals surface area (Å²) in [6.07, 6.45) is 14.5. The van der Waals surface area contributed by atoms with E-state index in [4.69, 9.17) is 0 Å². The highest BCUT2D eigenvalue weighted by Gasteiger charge is 2.69. The van der Waals surface area contributed by atoms with Crippen LogP contribution >= 0.6 is 0 Å². The van der Waals surface area contributed by atoms with Crippen LogP contribution in [0, 0.1) is 56.7 Å². The van der Waals surface area contributed by atoms with Crippen molar-refractivity contribution in [3.8, 4) is 0 Å². The van der Waals surface area contributed by atoms with E-state index in [9.17, 15) is 5.11 Å². The molecule has 0 saturated heterocycles. The van der Waals surface area contributed by atoms with Crippen molar-refractivity contribution in [2.24, 2.45) is 56.7 Å². The van der Waals surface area contributed by atoms with Crippen LogP contribution in [0.25, 0.3) is 0 Å². The van der Waals surface area contributed by atoms with Gasteiger partial charge in [-0.25, -0.2) is 0 Å². The fraction of sp³-hybridized carbons (Fsp3) is 0.933. The van der Waals surface area contributed by atoms with Gasteiger partial charge >= 0.3 is 0 Å². The monoisotopic (exact) mass is 426 g/mol. The van der Waals surface area contributed by atoms with Crippen LogP contribution in [0.15, 0.2) is 11.6 Å². The minimum Gasteiger partial charge on any atom is -0.393 e. The number of allylic oxidation sites excluding steroid dienone is 2. The van der Waals surface area contributed by atoms with Crippen molar-refractivity contribution < 1.29 is 5.11 Å².